The van der Waals surface area contributed by atoms with Gasteiger partial charge in [-0.25, -0.2) is 4.39 Å². The number of nitrogens with one attached hydrogen (secondary N) is 2. The third-order valence-electron chi connectivity index (χ3n) is 4.61. The fourth-order valence-electron chi connectivity index (χ4n) is 3.04. The Bertz CT molecular complexity index is 923. The standard InChI is InChI=1S/C24H23FN2O3/c1-17(30-21-14-12-20(25)13-15-21)24(29)27-26-23(28)16-22(18-8-4-2-5-9-18)19-10-6-3-7-11-19/h2-15,17,22H,16H2,1H3,(H,26,28)(H,27,29). The van der Waals surface area contributed by atoms with Gasteiger partial charge < -0.3 is 4.74 Å². The molecule has 0 aromatic heterocycles. The highest BCUT2D eigenvalue weighted by atomic mass is 19.1. The molecule has 2 N–H and O–H groups in total. The van der Waals surface area contributed by atoms with Crippen LogP contribution < -0.4 is 15.6 Å². The normalized spacial score (nSPS) is 11.6. The maximum Gasteiger partial charge on any atom is 0.279 e. The summed E-state index contributed by atoms with van der Waals surface area (Å²) in [4.78, 5) is 24.7. The molecule has 2 amide bonds. The van der Waals surface area contributed by atoms with E-state index in [1.54, 1.807) is 6.92 Å². The van der Waals surface area contributed by atoms with Gasteiger partial charge in [-0.3, -0.25) is 20.4 Å². The van der Waals surface area contributed by atoms with E-state index in [0.29, 0.717) is 5.75 Å². The van der Waals surface area contributed by atoms with Gasteiger partial charge in [-0.05, 0) is 42.3 Å². The summed E-state index contributed by atoms with van der Waals surface area (Å²) < 4.78 is 18.4. The van der Waals surface area contributed by atoms with Crippen molar-refractivity contribution in [2.75, 3.05) is 0 Å². The molecule has 0 heterocycles. The second-order valence-electron chi connectivity index (χ2n) is 6.83. The number of carbonyl (C=O) groups is 2. The van der Waals surface area contributed by atoms with E-state index in [-0.39, 0.29) is 18.2 Å². The van der Waals surface area contributed by atoms with Crippen LogP contribution in [0.2, 0.25) is 0 Å². The lowest BCUT2D eigenvalue weighted by Crippen LogP contribution is -2.47. The number of rotatable bonds is 7. The largest absolute Gasteiger partial charge is 0.481 e. The first-order valence-electron chi connectivity index (χ1n) is 9.63. The van der Waals surface area contributed by atoms with E-state index < -0.39 is 17.8 Å². The van der Waals surface area contributed by atoms with Crippen LogP contribution in [-0.2, 0) is 9.59 Å². The summed E-state index contributed by atoms with van der Waals surface area (Å²) in [5.41, 5.74) is 6.86. The lowest BCUT2D eigenvalue weighted by atomic mass is 9.88. The number of hydrazine groups is 1. The first-order chi connectivity index (χ1) is 14.5. The molecule has 0 aliphatic carbocycles. The van der Waals surface area contributed by atoms with E-state index in [9.17, 15) is 14.0 Å². The quantitative estimate of drug-likeness (QED) is 0.584. The molecule has 0 saturated heterocycles. The Balaban J connectivity index is 1.57. The number of benzene rings is 3. The van der Waals surface area contributed by atoms with Crippen LogP contribution in [0.5, 0.6) is 5.75 Å². The molecule has 0 spiro atoms. The minimum Gasteiger partial charge on any atom is -0.481 e. The van der Waals surface area contributed by atoms with Crippen LogP contribution in [0, 0.1) is 5.82 Å². The smallest absolute Gasteiger partial charge is 0.279 e. The van der Waals surface area contributed by atoms with E-state index in [4.69, 9.17) is 4.74 Å². The van der Waals surface area contributed by atoms with E-state index in [1.165, 1.54) is 24.3 Å². The molecule has 3 aromatic rings. The summed E-state index contributed by atoms with van der Waals surface area (Å²) in [6.45, 7) is 1.54. The number of halogens is 1. The SMILES string of the molecule is CC(Oc1ccc(F)cc1)C(=O)NNC(=O)CC(c1ccccc1)c1ccccc1. The third-order valence-corrected chi connectivity index (χ3v) is 4.61. The van der Waals surface area contributed by atoms with Crippen molar-refractivity contribution in [2.24, 2.45) is 0 Å². The fourth-order valence-corrected chi connectivity index (χ4v) is 3.04. The van der Waals surface area contributed by atoms with Gasteiger partial charge in [0.1, 0.15) is 11.6 Å². The molecule has 0 saturated carbocycles. The Hall–Kier alpha value is -3.67. The van der Waals surface area contributed by atoms with Crippen LogP contribution in [-0.4, -0.2) is 17.9 Å². The molecule has 0 aliphatic heterocycles. The van der Waals surface area contributed by atoms with Gasteiger partial charge in [-0.15, -0.1) is 0 Å². The molecule has 1 unspecified atom stereocenters. The van der Waals surface area contributed by atoms with Gasteiger partial charge in [0.25, 0.3) is 5.91 Å². The van der Waals surface area contributed by atoms with Crippen LogP contribution in [0.15, 0.2) is 84.9 Å². The molecule has 1 atom stereocenters. The van der Waals surface area contributed by atoms with Crippen molar-refractivity contribution in [1.82, 2.24) is 10.9 Å². The van der Waals surface area contributed by atoms with E-state index in [0.717, 1.165) is 11.1 Å². The zero-order valence-corrected chi connectivity index (χ0v) is 16.5. The van der Waals surface area contributed by atoms with E-state index >= 15 is 0 Å². The number of hydrogen-bond donors (Lipinski definition) is 2. The summed E-state index contributed by atoms with van der Waals surface area (Å²) in [5.74, 6) is -1.01. The van der Waals surface area contributed by atoms with Crippen LogP contribution in [0.4, 0.5) is 4.39 Å². The molecule has 30 heavy (non-hydrogen) atoms. The fraction of sp³-hybridized carbons (Fsp3) is 0.167. The Kier molecular flexibility index (Phi) is 7.16. The minimum absolute atomic E-state index is 0.141. The highest BCUT2D eigenvalue weighted by molar-refractivity contribution is 5.85. The average molecular weight is 406 g/mol. The maximum atomic E-state index is 13.0. The Morgan fingerprint density at radius 3 is 1.90 bits per heavy atom. The van der Waals surface area contributed by atoms with Crippen molar-refractivity contribution >= 4 is 11.8 Å². The second-order valence-corrected chi connectivity index (χ2v) is 6.83. The summed E-state index contributed by atoms with van der Waals surface area (Å²) in [6, 6.07) is 24.8. The van der Waals surface area contributed by atoms with Crippen molar-refractivity contribution in [3.05, 3.63) is 102 Å². The highest BCUT2D eigenvalue weighted by Crippen LogP contribution is 2.27. The van der Waals surface area contributed by atoms with Crippen LogP contribution >= 0.6 is 0 Å². The lowest BCUT2D eigenvalue weighted by molar-refractivity contribution is -0.132. The van der Waals surface area contributed by atoms with Crippen molar-refractivity contribution in [3.63, 3.8) is 0 Å². The molecule has 3 rings (SSSR count). The summed E-state index contributed by atoms with van der Waals surface area (Å²) in [5, 5.41) is 0. The van der Waals surface area contributed by atoms with Gasteiger partial charge in [0.2, 0.25) is 5.91 Å². The Morgan fingerprint density at radius 2 is 1.37 bits per heavy atom. The van der Waals surface area contributed by atoms with E-state index in [1.807, 2.05) is 60.7 Å². The van der Waals surface area contributed by atoms with Gasteiger partial charge in [-0.2, -0.15) is 0 Å². The monoisotopic (exact) mass is 406 g/mol. The number of amides is 2. The number of carbonyl (C=O) groups excluding carboxylic acids is 2. The van der Waals surface area contributed by atoms with Gasteiger partial charge in [0.05, 0.1) is 0 Å². The van der Waals surface area contributed by atoms with Crippen LogP contribution in [0.3, 0.4) is 0 Å². The van der Waals surface area contributed by atoms with Crippen molar-refractivity contribution in [2.45, 2.75) is 25.4 Å². The molecule has 0 radical (unpaired) electrons. The predicted octanol–water partition coefficient (Wildman–Crippen LogP) is 3.96. The van der Waals surface area contributed by atoms with E-state index in [2.05, 4.69) is 10.9 Å². The Labute approximate surface area is 174 Å². The Morgan fingerprint density at radius 1 is 0.833 bits per heavy atom. The molecular weight excluding hydrogens is 383 g/mol. The maximum absolute atomic E-state index is 13.0. The minimum atomic E-state index is -0.866. The summed E-state index contributed by atoms with van der Waals surface area (Å²) in [6.07, 6.45) is -0.698. The molecule has 6 heteroatoms. The van der Waals surface area contributed by atoms with Gasteiger partial charge >= 0.3 is 0 Å². The molecule has 3 aromatic carbocycles. The van der Waals surface area contributed by atoms with Crippen molar-refractivity contribution in [3.8, 4) is 5.75 Å². The molecule has 0 bridgehead atoms. The van der Waals surface area contributed by atoms with Crippen LogP contribution in [0.25, 0.3) is 0 Å². The van der Waals surface area contributed by atoms with Crippen molar-refractivity contribution < 1.29 is 18.7 Å². The predicted molar refractivity (Wildman–Crippen MR) is 112 cm³/mol. The molecule has 154 valence electrons. The lowest BCUT2D eigenvalue weighted by Gasteiger charge is -2.19. The zero-order valence-electron chi connectivity index (χ0n) is 16.5. The second kappa shape index (κ2) is 10.2. The summed E-state index contributed by atoms with van der Waals surface area (Å²) in [7, 11) is 0. The molecule has 0 fully saturated rings. The topological polar surface area (TPSA) is 67.4 Å². The number of ether oxygens (including phenoxy) is 1. The van der Waals surface area contributed by atoms with Gasteiger partial charge in [-0.1, -0.05) is 60.7 Å². The average Bonchev–Trinajstić information content (AvgIpc) is 2.78. The van der Waals surface area contributed by atoms with Crippen LogP contribution in [0.1, 0.15) is 30.4 Å². The third kappa shape index (κ3) is 5.91. The molecule has 0 aliphatic rings. The van der Waals surface area contributed by atoms with Gasteiger partial charge in [0.15, 0.2) is 6.10 Å². The zero-order chi connectivity index (χ0) is 21.3. The first-order valence-corrected chi connectivity index (χ1v) is 9.63. The van der Waals surface area contributed by atoms with Gasteiger partial charge in [0, 0.05) is 12.3 Å². The number of hydrogen-bond acceptors (Lipinski definition) is 3. The first kappa shape index (κ1) is 21.0. The van der Waals surface area contributed by atoms with Crippen molar-refractivity contribution in [1.29, 1.82) is 0 Å². The highest BCUT2D eigenvalue weighted by Gasteiger charge is 2.20. The summed E-state index contributed by atoms with van der Waals surface area (Å²) >= 11 is 0. The molecular formula is C24H23FN2O3. The molecule has 5 nitrogen and oxygen atoms in total.